The van der Waals surface area contributed by atoms with Crippen molar-refractivity contribution in [3.63, 3.8) is 0 Å². The number of rotatable bonds is 3. The molecule has 74 valence electrons. The zero-order valence-corrected chi connectivity index (χ0v) is 8.51. The maximum Gasteiger partial charge on any atom is 0.158 e. The minimum atomic E-state index is 0.178. The van der Waals surface area contributed by atoms with E-state index in [1.165, 1.54) is 6.42 Å². The van der Waals surface area contributed by atoms with E-state index in [-0.39, 0.29) is 11.9 Å². The Bertz CT molecular complexity index is 196. The Morgan fingerprint density at radius 1 is 1.46 bits per heavy atom. The summed E-state index contributed by atoms with van der Waals surface area (Å²) in [4.78, 5) is 11.4. The van der Waals surface area contributed by atoms with E-state index < -0.39 is 0 Å². The summed E-state index contributed by atoms with van der Waals surface area (Å²) in [6, 6.07) is 0. The normalized spacial score (nSPS) is 22.5. The van der Waals surface area contributed by atoms with Gasteiger partial charge in [-0.25, -0.2) is 0 Å². The molecular formula is C11H18O2. The quantitative estimate of drug-likeness (QED) is 0.627. The van der Waals surface area contributed by atoms with E-state index in [9.17, 15) is 4.79 Å². The Morgan fingerprint density at radius 3 is 2.77 bits per heavy atom. The van der Waals surface area contributed by atoms with Crippen molar-refractivity contribution < 1.29 is 9.53 Å². The van der Waals surface area contributed by atoms with Crippen molar-refractivity contribution >= 4 is 5.78 Å². The predicted octanol–water partition coefficient (Wildman–Crippen LogP) is 2.48. The highest BCUT2D eigenvalue weighted by Crippen LogP contribution is 2.16. The maximum absolute atomic E-state index is 11.4. The average Bonchev–Trinajstić information content (AvgIpc) is 2.04. The fourth-order valence-electron chi connectivity index (χ4n) is 1.57. The second-order valence-corrected chi connectivity index (χ2v) is 3.88. The topological polar surface area (TPSA) is 26.3 Å². The first-order valence-electron chi connectivity index (χ1n) is 4.98. The van der Waals surface area contributed by atoms with Gasteiger partial charge in [0, 0.05) is 13.0 Å². The van der Waals surface area contributed by atoms with Crippen molar-refractivity contribution in [2.24, 2.45) is 0 Å². The summed E-state index contributed by atoms with van der Waals surface area (Å²) < 4.78 is 5.48. The van der Waals surface area contributed by atoms with Gasteiger partial charge in [-0.2, -0.15) is 0 Å². The predicted molar refractivity (Wildman–Crippen MR) is 52.6 cm³/mol. The molecule has 13 heavy (non-hydrogen) atoms. The van der Waals surface area contributed by atoms with E-state index in [2.05, 4.69) is 0 Å². The molecular weight excluding hydrogens is 164 g/mol. The van der Waals surface area contributed by atoms with Gasteiger partial charge in [-0.1, -0.05) is 5.57 Å². The van der Waals surface area contributed by atoms with Crippen LogP contribution in [0.3, 0.4) is 0 Å². The molecule has 0 radical (unpaired) electrons. The molecule has 0 aromatic carbocycles. The largest absolute Gasteiger partial charge is 0.378 e. The van der Waals surface area contributed by atoms with Crippen LogP contribution in [0.2, 0.25) is 0 Å². The SMILES string of the molecule is CC(C)=CC(=O)CC1CCCCO1. The van der Waals surface area contributed by atoms with Gasteiger partial charge in [-0.05, 0) is 39.2 Å². The summed E-state index contributed by atoms with van der Waals surface area (Å²) in [6.07, 6.45) is 5.84. The molecule has 2 nitrogen and oxygen atoms in total. The van der Waals surface area contributed by atoms with Gasteiger partial charge in [-0.3, -0.25) is 4.79 Å². The Morgan fingerprint density at radius 2 is 2.23 bits per heavy atom. The van der Waals surface area contributed by atoms with Gasteiger partial charge in [-0.15, -0.1) is 0 Å². The standard InChI is InChI=1S/C11H18O2/c1-9(2)7-10(12)8-11-5-3-4-6-13-11/h7,11H,3-6,8H2,1-2H3. The first kappa shape index (κ1) is 10.5. The molecule has 1 fully saturated rings. The Hall–Kier alpha value is -0.630. The Balaban J connectivity index is 2.30. The van der Waals surface area contributed by atoms with Crippen molar-refractivity contribution in [2.75, 3.05) is 6.61 Å². The van der Waals surface area contributed by atoms with Crippen LogP contribution < -0.4 is 0 Å². The minimum Gasteiger partial charge on any atom is -0.378 e. The first-order valence-corrected chi connectivity index (χ1v) is 4.98. The number of hydrogen-bond donors (Lipinski definition) is 0. The molecule has 0 bridgehead atoms. The Kier molecular flexibility index (Phi) is 4.16. The van der Waals surface area contributed by atoms with Crippen LogP contribution in [0.1, 0.15) is 39.5 Å². The van der Waals surface area contributed by atoms with Crippen LogP contribution >= 0.6 is 0 Å². The monoisotopic (exact) mass is 182 g/mol. The van der Waals surface area contributed by atoms with Crippen molar-refractivity contribution in [1.82, 2.24) is 0 Å². The average molecular weight is 182 g/mol. The highest BCUT2D eigenvalue weighted by molar-refractivity contribution is 5.90. The number of ether oxygens (including phenoxy) is 1. The summed E-state index contributed by atoms with van der Waals surface area (Å²) in [7, 11) is 0. The lowest BCUT2D eigenvalue weighted by atomic mass is 10.0. The molecule has 1 saturated heterocycles. The molecule has 1 aliphatic rings. The molecule has 0 N–H and O–H groups in total. The molecule has 0 saturated carbocycles. The van der Waals surface area contributed by atoms with Crippen LogP contribution in [-0.2, 0) is 9.53 Å². The van der Waals surface area contributed by atoms with E-state index in [1.807, 2.05) is 13.8 Å². The third-order valence-electron chi connectivity index (χ3n) is 2.15. The molecule has 1 atom stereocenters. The fraction of sp³-hybridized carbons (Fsp3) is 0.727. The van der Waals surface area contributed by atoms with Crippen LogP contribution in [0.5, 0.6) is 0 Å². The van der Waals surface area contributed by atoms with Crippen LogP contribution in [0.15, 0.2) is 11.6 Å². The number of ketones is 1. The van der Waals surface area contributed by atoms with Crippen molar-refractivity contribution in [2.45, 2.75) is 45.6 Å². The van der Waals surface area contributed by atoms with Gasteiger partial charge in [0.25, 0.3) is 0 Å². The molecule has 0 aliphatic carbocycles. The molecule has 1 rings (SSSR count). The highest BCUT2D eigenvalue weighted by atomic mass is 16.5. The molecule has 1 heterocycles. The lowest BCUT2D eigenvalue weighted by Gasteiger charge is -2.21. The molecule has 0 amide bonds. The first-order chi connectivity index (χ1) is 6.18. The second kappa shape index (κ2) is 5.18. The fourth-order valence-corrected chi connectivity index (χ4v) is 1.57. The summed E-state index contributed by atoms with van der Waals surface area (Å²) in [5, 5.41) is 0. The zero-order valence-electron chi connectivity index (χ0n) is 8.51. The summed E-state index contributed by atoms with van der Waals surface area (Å²) in [5.74, 6) is 0.201. The maximum atomic E-state index is 11.4. The third kappa shape index (κ3) is 4.23. The molecule has 2 heteroatoms. The van der Waals surface area contributed by atoms with E-state index in [1.54, 1.807) is 6.08 Å². The summed E-state index contributed by atoms with van der Waals surface area (Å²) >= 11 is 0. The summed E-state index contributed by atoms with van der Waals surface area (Å²) in [5.41, 5.74) is 1.07. The Labute approximate surface area is 80.0 Å². The van der Waals surface area contributed by atoms with Crippen LogP contribution in [-0.4, -0.2) is 18.5 Å². The van der Waals surface area contributed by atoms with Gasteiger partial charge >= 0.3 is 0 Å². The van der Waals surface area contributed by atoms with E-state index in [0.717, 1.165) is 25.0 Å². The number of hydrogen-bond acceptors (Lipinski definition) is 2. The lowest BCUT2D eigenvalue weighted by molar-refractivity contribution is -0.118. The third-order valence-corrected chi connectivity index (χ3v) is 2.15. The smallest absolute Gasteiger partial charge is 0.158 e. The summed E-state index contributed by atoms with van der Waals surface area (Å²) in [6.45, 7) is 4.71. The van der Waals surface area contributed by atoms with E-state index >= 15 is 0 Å². The highest BCUT2D eigenvalue weighted by Gasteiger charge is 2.16. The number of carbonyl (C=O) groups is 1. The van der Waals surface area contributed by atoms with E-state index in [0.29, 0.717) is 6.42 Å². The molecule has 1 aliphatic heterocycles. The van der Waals surface area contributed by atoms with Gasteiger partial charge in [0.2, 0.25) is 0 Å². The van der Waals surface area contributed by atoms with Crippen molar-refractivity contribution in [1.29, 1.82) is 0 Å². The van der Waals surface area contributed by atoms with E-state index in [4.69, 9.17) is 4.74 Å². The van der Waals surface area contributed by atoms with Crippen LogP contribution in [0, 0.1) is 0 Å². The number of allylic oxidation sites excluding steroid dienone is 2. The van der Waals surface area contributed by atoms with Gasteiger partial charge in [0.1, 0.15) is 0 Å². The van der Waals surface area contributed by atoms with Crippen molar-refractivity contribution in [3.8, 4) is 0 Å². The molecule has 0 aromatic rings. The lowest BCUT2D eigenvalue weighted by Crippen LogP contribution is -2.21. The zero-order chi connectivity index (χ0) is 9.68. The second-order valence-electron chi connectivity index (χ2n) is 3.88. The van der Waals surface area contributed by atoms with Crippen molar-refractivity contribution in [3.05, 3.63) is 11.6 Å². The minimum absolute atomic E-state index is 0.178. The molecule has 1 unspecified atom stereocenters. The molecule has 0 spiro atoms. The van der Waals surface area contributed by atoms with Gasteiger partial charge in [0.15, 0.2) is 5.78 Å². The van der Waals surface area contributed by atoms with Gasteiger partial charge in [0.05, 0.1) is 6.10 Å². The van der Waals surface area contributed by atoms with Crippen LogP contribution in [0.4, 0.5) is 0 Å². The molecule has 0 aromatic heterocycles. The van der Waals surface area contributed by atoms with Gasteiger partial charge < -0.3 is 4.74 Å². The number of carbonyl (C=O) groups excluding carboxylic acids is 1. The van der Waals surface area contributed by atoms with Crippen LogP contribution in [0.25, 0.3) is 0 Å².